The van der Waals surface area contributed by atoms with Gasteiger partial charge in [0.1, 0.15) is 4.90 Å². The quantitative estimate of drug-likeness (QED) is 0.813. The summed E-state index contributed by atoms with van der Waals surface area (Å²) in [5.74, 6) is -0.0622. The number of piperazine rings is 1. The van der Waals surface area contributed by atoms with Crippen LogP contribution in [-0.2, 0) is 14.8 Å². The van der Waals surface area contributed by atoms with E-state index in [-0.39, 0.29) is 58.8 Å². The van der Waals surface area contributed by atoms with E-state index in [0.29, 0.717) is 13.1 Å². The molecule has 6 nitrogen and oxygen atoms in total. The molecular weight excluding hydrogens is 397 g/mol. The highest BCUT2D eigenvalue weighted by Gasteiger charge is 2.32. The summed E-state index contributed by atoms with van der Waals surface area (Å²) in [6.45, 7) is 2.82. The van der Waals surface area contributed by atoms with E-state index in [2.05, 4.69) is 0 Å². The lowest BCUT2D eigenvalue weighted by atomic mass is 10.2. The van der Waals surface area contributed by atoms with Crippen LogP contribution in [0.2, 0.25) is 10.0 Å². The van der Waals surface area contributed by atoms with Crippen molar-refractivity contribution in [2.24, 2.45) is 5.73 Å². The van der Waals surface area contributed by atoms with Crippen LogP contribution in [0.3, 0.4) is 0 Å². The van der Waals surface area contributed by atoms with Gasteiger partial charge in [-0.05, 0) is 19.1 Å². The summed E-state index contributed by atoms with van der Waals surface area (Å²) >= 11 is 12.0. The maximum atomic E-state index is 12.7. The van der Waals surface area contributed by atoms with Crippen LogP contribution >= 0.6 is 35.6 Å². The maximum absolute atomic E-state index is 12.7. The molecule has 0 radical (unpaired) electrons. The highest BCUT2D eigenvalue weighted by atomic mass is 35.5. The van der Waals surface area contributed by atoms with Crippen molar-refractivity contribution in [2.75, 3.05) is 26.2 Å². The zero-order valence-corrected chi connectivity index (χ0v) is 16.3. The topological polar surface area (TPSA) is 83.7 Å². The Morgan fingerprint density at radius 1 is 1.21 bits per heavy atom. The second kappa shape index (κ2) is 8.69. The average molecular weight is 417 g/mol. The van der Waals surface area contributed by atoms with Gasteiger partial charge in [-0.2, -0.15) is 4.31 Å². The number of amides is 1. The van der Waals surface area contributed by atoms with Crippen molar-refractivity contribution in [3.63, 3.8) is 0 Å². The molecule has 1 fully saturated rings. The van der Waals surface area contributed by atoms with Crippen LogP contribution in [0.4, 0.5) is 0 Å². The first-order valence-electron chi connectivity index (χ1n) is 7.21. The Labute approximate surface area is 158 Å². The summed E-state index contributed by atoms with van der Waals surface area (Å²) in [5.41, 5.74) is 5.62. The van der Waals surface area contributed by atoms with Crippen LogP contribution in [0.15, 0.2) is 23.1 Å². The van der Waals surface area contributed by atoms with Gasteiger partial charge < -0.3 is 10.6 Å². The standard InChI is InChI=1S/C14H19Cl2N3O3S.ClH/c1-10(17)9-13(20)18-5-7-19(8-6-18)23(21,22)14-11(15)3-2-4-12(14)16;/h2-4,10H,5-9,17H2,1H3;1H. The fourth-order valence-electron chi connectivity index (χ4n) is 2.44. The molecular formula is C14H20Cl3N3O3S. The van der Waals surface area contributed by atoms with E-state index >= 15 is 0 Å². The minimum absolute atomic E-state index is 0. The lowest BCUT2D eigenvalue weighted by molar-refractivity contribution is -0.132. The smallest absolute Gasteiger partial charge is 0.246 e. The van der Waals surface area contributed by atoms with Crippen LogP contribution in [0.1, 0.15) is 13.3 Å². The largest absolute Gasteiger partial charge is 0.340 e. The molecule has 0 spiro atoms. The number of hydrogen-bond acceptors (Lipinski definition) is 4. The normalized spacial score (nSPS) is 17.2. The van der Waals surface area contributed by atoms with Crippen molar-refractivity contribution in [3.8, 4) is 0 Å². The summed E-state index contributed by atoms with van der Waals surface area (Å²) in [6, 6.07) is 4.35. The molecule has 0 saturated carbocycles. The molecule has 0 bridgehead atoms. The first-order chi connectivity index (χ1) is 10.7. The van der Waals surface area contributed by atoms with E-state index in [0.717, 1.165) is 0 Å². The monoisotopic (exact) mass is 415 g/mol. The summed E-state index contributed by atoms with van der Waals surface area (Å²) in [4.78, 5) is 13.5. The predicted octanol–water partition coefficient (Wildman–Crippen LogP) is 1.99. The molecule has 1 heterocycles. The first kappa shape index (κ1) is 21.5. The molecule has 1 aromatic carbocycles. The predicted molar refractivity (Wildman–Crippen MR) is 97.3 cm³/mol. The molecule has 0 aromatic heterocycles. The van der Waals surface area contributed by atoms with Crippen molar-refractivity contribution in [3.05, 3.63) is 28.2 Å². The highest BCUT2D eigenvalue weighted by molar-refractivity contribution is 7.89. The number of halogens is 3. The van der Waals surface area contributed by atoms with Gasteiger partial charge in [-0.25, -0.2) is 8.42 Å². The van der Waals surface area contributed by atoms with Gasteiger partial charge in [0.15, 0.2) is 0 Å². The van der Waals surface area contributed by atoms with Gasteiger partial charge in [-0.3, -0.25) is 4.79 Å². The van der Waals surface area contributed by atoms with Gasteiger partial charge >= 0.3 is 0 Å². The summed E-state index contributed by atoms with van der Waals surface area (Å²) in [6.07, 6.45) is 0.253. The molecule has 2 rings (SSSR count). The Bertz CT molecular complexity index is 670. The van der Waals surface area contributed by atoms with Gasteiger partial charge in [0.05, 0.1) is 10.0 Å². The Morgan fingerprint density at radius 3 is 2.17 bits per heavy atom. The number of nitrogens with zero attached hydrogens (tertiary/aromatic N) is 2. The average Bonchev–Trinajstić information content (AvgIpc) is 2.46. The van der Waals surface area contributed by atoms with Gasteiger partial charge in [0.25, 0.3) is 0 Å². The van der Waals surface area contributed by atoms with E-state index in [1.165, 1.54) is 16.4 Å². The molecule has 2 N–H and O–H groups in total. The van der Waals surface area contributed by atoms with Crippen molar-refractivity contribution in [2.45, 2.75) is 24.3 Å². The third-order valence-corrected chi connectivity index (χ3v) is 6.46. The second-order valence-corrected chi connectivity index (χ2v) is 8.21. The number of rotatable bonds is 4. The van der Waals surface area contributed by atoms with E-state index < -0.39 is 10.0 Å². The molecule has 10 heteroatoms. The molecule has 1 aliphatic rings. The summed E-state index contributed by atoms with van der Waals surface area (Å²) in [7, 11) is -3.79. The molecule has 136 valence electrons. The van der Waals surface area contributed by atoms with Gasteiger partial charge in [-0.15, -0.1) is 12.4 Å². The van der Waals surface area contributed by atoms with Crippen LogP contribution in [0.5, 0.6) is 0 Å². The number of carbonyl (C=O) groups excluding carboxylic acids is 1. The fraction of sp³-hybridized carbons (Fsp3) is 0.500. The van der Waals surface area contributed by atoms with Crippen LogP contribution in [0.25, 0.3) is 0 Å². The SMILES string of the molecule is CC(N)CC(=O)N1CCN(S(=O)(=O)c2c(Cl)cccc2Cl)CC1.Cl. The minimum atomic E-state index is -3.79. The number of hydrogen-bond donors (Lipinski definition) is 1. The Morgan fingerprint density at radius 2 is 1.71 bits per heavy atom. The molecule has 1 saturated heterocycles. The van der Waals surface area contributed by atoms with Crippen molar-refractivity contribution >= 4 is 51.5 Å². The zero-order chi connectivity index (χ0) is 17.2. The molecule has 24 heavy (non-hydrogen) atoms. The minimum Gasteiger partial charge on any atom is -0.340 e. The van der Waals surface area contributed by atoms with Gasteiger partial charge in [-0.1, -0.05) is 29.3 Å². The Hall–Kier alpha value is -0.570. The molecule has 0 aliphatic carbocycles. The molecule has 1 aromatic rings. The number of nitrogens with two attached hydrogens (primary N) is 1. The van der Waals surface area contributed by atoms with Crippen LogP contribution < -0.4 is 5.73 Å². The van der Waals surface area contributed by atoms with Crippen molar-refractivity contribution in [1.29, 1.82) is 0 Å². The molecule has 1 amide bonds. The summed E-state index contributed by atoms with van der Waals surface area (Å²) < 4.78 is 26.7. The lowest BCUT2D eigenvalue weighted by Gasteiger charge is -2.34. The van der Waals surface area contributed by atoms with Gasteiger partial charge in [0.2, 0.25) is 15.9 Å². The third-order valence-electron chi connectivity index (χ3n) is 3.60. The molecule has 1 aliphatic heterocycles. The maximum Gasteiger partial charge on any atom is 0.246 e. The van der Waals surface area contributed by atoms with Crippen LogP contribution in [-0.4, -0.2) is 55.8 Å². The molecule has 1 atom stereocenters. The number of benzene rings is 1. The van der Waals surface area contributed by atoms with Crippen molar-refractivity contribution in [1.82, 2.24) is 9.21 Å². The fourth-order valence-corrected chi connectivity index (χ4v) is 4.95. The lowest BCUT2D eigenvalue weighted by Crippen LogP contribution is -2.51. The van der Waals surface area contributed by atoms with Crippen LogP contribution in [0, 0.1) is 0 Å². The Balaban J connectivity index is 0.00000288. The third kappa shape index (κ3) is 4.74. The van der Waals surface area contributed by atoms with E-state index in [1.54, 1.807) is 17.9 Å². The van der Waals surface area contributed by atoms with E-state index in [1.807, 2.05) is 0 Å². The van der Waals surface area contributed by atoms with Crippen molar-refractivity contribution < 1.29 is 13.2 Å². The van der Waals surface area contributed by atoms with E-state index in [9.17, 15) is 13.2 Å². The first-order valence-corrected chi connectivity index (χ1v) is 9.40. The number of sulfonamides is 1. The highest BCUT2D eigenvalue weighted by Crippen LogP contribution is 2.31. The van der Waals surface area contributed by atoms with Gasteiger partial charge in [0, 0.05) is 38.6 Å². The Kier molecular flexibility index (Phi) is 7.77. The zero-order valence-electron chi connectivity index (χ0n) is 13.1. The molecule has 1 unspecified atom stereocenters. The second-order valence-electron chi connectivity index (χ2n) is 5.52. The van der Waals surface area contributed by atoms with E-state index in [4.69, 9.17) is 28.9 Å². The number of carbonyl (C=O) groups is 1. The summed E-state index contributed by atoms with van der Waals surface area (Å²) in [5, 5.41) is 0.181.